The fourth-order valence-electron chi connectivity index (χ4n) is 0.926. The smallest absolute Gasteiger partial charge is 0.102 e. The highest BCUT2D eigenvalue weighted by atomic mass is 32.2. The van der Waals surface area contributed by atoms with Crippen LogP contribution in [0.3, 0.4) is 0 Å². The zero-order chi connectivity index (χ0) is 9.90. The lowest BCUT2D eigenvalue weighted by Gasteiger charge is -2.18. The normalized spacial score (nSPS) is 11.7. The topological polar surface area (TPSA) is 33.1 Å². The first-order chi connectivity index (χ1) is 6.03. The summed E-state index contributed by atoms with van der Waals surface area (Å²) in [5, 5.41) is 9.99. The molecule has 0 atom stereocenters. The van der Waals surface area contributed by atoms with Crippen LogP contribution < -0.4 is 0 Å². The molecule has 1 heterocycles. The average molecular weight is 197 g/mol. The van der Waals surface area contributed by atoms with Gasteiger partial charge in [0, 0.05) is 16.5 Å². The van der Waals surface area contributed by atoms with E-state index in [9.17, 15) is 0 Å². The van der Waals surface area contributed by atoms with Crippen molar-refractivity contribution in [2.24, 2.45) is 0 Å². The van der Waals surface area contributed by atoms with Crippen LogP contribution in [0.5, 0.6) is 0 Å². The lowest BCUT2D eigenvalue weighted by molar-refractivity contribution is 0.278. The second-order valence-electron chi connectivity index (χ2n) is 3.84. The van der Waals surface area contributed by atoms with E-state index in [-0.39, 0.29) is 11.4 Å². The number of hydrogen-bond acceptors (Lipinski definition) is 3. The number of aromatic nitrogens is 1. The van der Waals surface area contributed by atoms with Gasteiger partial charge in [0.25, 0.3) is 0 Å². The molecule has 1 N–H and O–H groups in total. The van der Waals surface area contributed by atoms with Crippen molar-refractivity contribution >= 4 is 11.8 Å². The van der Waals surface area contributed by atoms with E-state index in [1.54, 1.807) is 18.0 Å². The van der Waals surface area contributed by atoms with Crippen LogP contribution in [0.15, 0.2) is 23.4 Å². The summed E-state index contributed by atoms with van der Waals surface area (Å²) in [7, 11) is 0. The van der Waals surface area contributed by atoms with Crippen LogP contribution in [0.2, 0.25) is 0 Å². The second kappa shape index (κ2) is 4.11. The first-order valence-electron chi connectivity index (χ1n) is 4.27. The highest BCUT2D eigenvalue weighted by Gasteiger charge is 2.14. The van der Waals surface area contributed by atoms with Gasteiger partial charge in [-0.25, -0.2) is 4.98 Å². The van der Waals surface area contributed by atoms with Gasteiger partial charge in [-0.1, -0.05) is 26.8 Å². The Balaban J connectivity index is 2.87. The minimum Gasteiger partial charge on any atom is -0.392 e. The standard InChI is InChI=1S/C10H15NOS/c1-10(2,3)13-9-8(7-12)5-4-6-11-9/h4-6,12H,7H2,1-3H3. The lowest BCUT2D eigenvalue weighted by Crippen LogP contribution is -2.08. The largest absolute Gasteiger partial charge is 0.392 e. The molecule has 13 heavy (non-hydrogen) atoms. The van der Waals surface area contributed by atoms with Gasteiger partial charge in [-0.15, -0.1) is 11.8 Å². The van der Waals surface area contributed by atoms with E-state index in [4.69, 9.17) is 5.11 Å². The van der Waals surface area contributed by atoms with Crippen molar-refractivity contribution in [3.63, 3.8) is 0 Å². The summed E-state index contributed by atoms with van der Waals surface area (Å²) in [5.74, 6) is 0. The van der Waals surface area contributed by atoms with Crippen molar-refractivity contribution in [3.8, 4) is 0 Å². The molecule has 2 nitrogen and oxygen atoms in total. The van der Waals surface area contributed by atoms with Gasteiger partial charge in [0.15, 0.2) is 0 Å². The third kappa shape index (κ3) is 3.36. The van der Waals surface area contributed by atoms with Crippen LogP contribution >= 0.6 is 11.8 Å². The Morgan fingerprint density at radius 1 is 1.46 bits per heavy atom. The molecule has 0 amide bonds. The highest BCUT2D eigenvalue weighted by molar-refractivity contribution is 8.00. The van der Waals surface area contributed by atoms with Crippen LogP contribution in [0, 0.1) is 0 Å². The maximum Gasteiger partial charge on any atom is 0.102 e. The van der Waals surface area contributed by atoms with E-state index < -0.39 is 0 Å². The molecule has 0 spiro atoms. The summed E-state index contributed by atoms with van der Waals surface area (Å²) in [6, 6.07) is 3.75. The number of aliphatic hydroxyl groups is 1. The van der Waals surface area contributed by atoms with Crippen LogP contribution in [0.1, 0.15) is 26.3 Å². The predicted molar refractivity (Wildman–Crippen MR) is 55.8 cm³/mol. The molecule has 0 fully saturated rings. The first-order valence-corrected chi connectivity index (χ1v) is 5.08. The fourth-order valence-corrected chi connectivity index (χ4v) is 1.88. The molecule has 0 aromatic carbocycles. The zero-order valence-corrected chi connectivity index (χ0v) is 9.06. The van der Waals surface area contributed by atoms with Gasteiger partial charge in [0.1, 0.15) is 5.03 Å². The number of hydrogen-bond donors (Lipinski definition) is 1. The van der Waals surface area contributed by atoms with E-state index >= 15 is 0 Å². The Kier molecular flexibility index (Phi) is 3.33. The van der Waals surface area contributed by atoms with Crippen LogP contribution in [-0.2, 0) is 6.61 Å². The number of thioether (sulfide) groups is 1. The summed E-state index contributed by atoms with van der Waals surface area (Å²) < 4.78 is 0.137. The molecule has 0 aliphatic rings. The molecule has 1 aromatic rings. The van der Waals surface area contributed by atoms with Crippen LogP contribution in [0.25, 0.3) is 0 Å². The Morgan fingerprint density at radius 2 is 2.15 bits per heavy atom. The monoisotopic (exact) mass is 197 g/mol. The summed E-state index contributed by atoms with van der Waals surface area (Å²) in [6.07, 6.45) is 1.76. The SMILES string of the molecule is CC(C)(C)Sc1ncccc1CO. The van der Waals surface area contributed by atoms with Crippen molar-refractivity contribution in [3.05, 3.63) is 23.9 Å². The number of pyridine rings is 1. The predicted octanol–water partition coefficient (Wildman–Crippen LogP) is 2.46. The number of aliphatic hydroxyl groups excluding tert-OH is 1. The third-order valence-electron chi connectivity index (χ3n) is 1.42. The van der Waals surface area contributed by atoms with Gasteiger partial charge < -0.3 is 5.11 Å². The molecule has 0 saturated carbocycles. The molecular formula is C10H15NOS. The van der Waals surface area contributed by atoms with E-state index in [0.717, 1.165) is 10.6 Å². The van der Waals surface area contributed by atoms with Gasteiger partial charge >= 0.3 is 0 Å². The molecule has 0 unspecified atom stereocenters. The maximum atomic E-state index is 9.06. The van der Waals surface area contributed by atoms with Crippen molar-refractivity contribution in [1.82, 2.24) is 4.98 Å². The molecule has 0 aliphatic heterocycles. The first kappa shape index (κ1) is 10.5. The summed E-state index contributed by atoms with van der Waals surface area (Å²) in [6.45, 7) is 6.46. The van der Waals surface area contributed by atoms with Gasteiger partial charge in [-0.05, 0) is 6.07 Å². The Bertz CT molecular complexity index is 280. The molecule has 0 saturated heterocycles. The van der Waals surface area contributed by atoms with Gasteiger partial charge in [-0.2, -0.15) is 0 Å². The molecule has 1 rings (SSSR count). The van der Waals surface area contributed by atoms with E-state index in [2.05, 4.69) is 25.8 Å². The summed E-state index contributed by atoms with van der Waals surface area (Å²) in [5.41, 5.74) is 0.905. The molecule has 72 valence electrons. The van der Waals surface area contributed by atoms with Crippen molar-refractivity contribution in [2.45, 2.75) is 37.2 Å². The van der Waals surface area contributed by atoms with Crippen molar-refractivity contribution in [2.75, 3.05) is 0 Å². The molecular weight excluding hydrogens is 182 g/mol. The van der Waals surface area contributed by atoms with Crippen molar-refractivity contribution < 1.29 is 5.11 Å². The molecule has 0 aliphatic carbocycles. The molecule has 1 aromatic heterocycles. The van der Waals surface area contributed by atoms with Gasteiger partial charge in [0.05, 0.1) is 6.61 Å². The highest BCUT2D eigenvalue weighted by Crippen LogP contribution is 2.32. The maximum absolute atomic E-state index is 9.06. The third-order valence-corrected chi connectivity index (χ3v) is 2.60. The number of rotatable bonds is 2. The zero-order valence-electron chi connectivity index (χ0n) is 8.24. The molecule has 0 bridgehead atoms. The number of nitrogens with zero attached hydrogens (tertiary/aromatic N) is 1. The Labute approximate surface area is 83.4 Å². The molecule has 0 radical (unpaired) electrons. The van der Waals surface area contributed by atoms with E-state index in [0.29, 0.717) is 0 Å². The van der Waals surface area contributed by atoms with Crippen LogP contribution in [-0.4, -0.2) is 14.8 Å². The summed E-state index contributed by atoms with van der Waals surface area (Å²) in [4.78, 5) is 4.24. The minimum absolute atomic E-state index is 0.0618. The summed E-state index contributed by atoms with van der Waals surface area (Å²) >= 11 is 1.68. The second-order valence-corrected chi connectivity index (χ2v) is 5.66. The minimum atomic E-state index is 0.0618. The van der Waals surface area contributed by atoms with E-state index in [1.807, 2.05) is 12.1 Å². The lowest BCUT2D eigenvalue weighted by atomic mass is 10.3. The van der Waals surface area contributed by atoms with Gasteiger partial charge in [0.2, 0.25) is 0 Å². The van der Waals surface area contributed by atoms with Crippen LogP contribution in [0.4, 0.5) is 0 Å². The fraction of sp³-hybridized carbons (Fsp3) is 0.500. The quantitative estimate of drug-likeness (QED) is 0.739. The van der Waals surface area contributed by atoms with Gasteiger partial charge in [-0.3, -0.25) is 0 Å². The van der Waals surface area contributed by atoms with E-state index in [1.165, 1.54) is 0 Å². The molecule has 3 heteroatoms. The Hall–Kier alpha value is -0.540. The Morgan fingerprint density at radius 3 is 2.69 bits per heavy atom. The van der Waals surface area contributed by atoms with Crippen molar-refractivity contribution in [1.29, 1.82) is 0 Å². The average Bonchev–Trinajstić information content (AvgIpc) is 2.02.